The number of carbonyl (C=O) groups excluding carboxylic acids is 1. The van der Waals surface area contributed by atoms with Crippen LogP contribution in [0.2, 0.25) is 0 Å². The Labute approximate surface area is 163 Å². The summed E-state index contributed by atoms with van der Waals surface area (Å²) in [5.41, 5.74) is 1.19. The molecule has 1 amide bonds. The second-order valence-electron chi connectivity index (χ2n) is 6.22. The second kappa shape index (κ2) is 9.60. The molecule has 1 aromatic heterocycles. The number of amides is 1. The molecule has 3 rings (SSSR count). The Hall–Kier alpha value is -3.28. The molecule has 6 heteroatoms. The lowest BCUT2D eigenvalue weighted by Gasteiger charge is -2.05. The molecular formula is C22H22FNO4. The van der Waals surface area contributed by atoms with Crippen molar-refractivity contribution in [2.75, 3.05) is 13.7 Å². The summed E-state index contributed by atoms with van der Waals surface area (Å²) in [6, 6.07) is 16.9. The first-order valence-corrected chi connectivity index (χ1v) is 9.02. The summed E-state index contributed by atoms with van der Waals surface area (Å²) >= 11 is 0. The summed E-state index contributed by atoms with van der Waals surface area (Å²) in [5.74, 6) is 1.53. The highest BCUT2D eigenvalue weighted by Gasteiger charge is 2.11. The Bertz CT molecular complexity index is 888. The van der Waals surface area contributed by atoms with E-state index in [-0.39, 0.29) is 24.1 Å². The van der Waals surface area contributed by atoms with E-state index >= 15 is 0 Å². The van der Waals surface area contributed by atoms with E-state index in [1.54, 1.807) is 19.2 Å². The molecule has 0 saturated carbocycles. The third-order valence-electron chi connectivity index (χ3n) is 4.17. The number of hydrogen-bond donors (Lipinski definition) is 1. The molecule has 0 unspecified atom stereocenters. The molecule has 0 saturated heterocycles. The van der Waals surface area contributed by atoms with Gasteiger partial charge in [-0.15, -0.1) is 0 Å². The third kappa shape index (κ3) is 5.61. The van der Waals surface area contributed by atoms with Gasteiger partial charge < -0.3 is 19.2 Å². The highest BCUT2D eigenvalue weighted by atomic mass is 19.1. The Morgan fingerprint density at radius 2 is 1.71 bits per heavy atom. The van der Waals surface area contributed by atoms with Crippen molar-refractivity contribution >= 4 is 5.91 Å². The average Bonchev–Trinajstić information content (AvgIpc) is 3.20. The smallest absolute Gasteiger partial charge is 0.286 e. The molecule has 0 aliphatic heterocycles. The number of rotatable bonds is 9. The number of benzene rings is 2. The molecule has 5 nitrogen and oxygen atoms in total. The number of furan rings is 1. The van der Waals surface area contributed by atoms with Gasteiger partial charge in [0, 0.05) is 6.54 Å². The number of nitrogens with one attached hydrogen (secondary N) is 1. The molecule has 0 fully saturated rings. The van der Waals surface area contributed by atoms with Crippen LogP contribution < -0.4 is 14.8 Å². The van der Waals surface area contributed by atoms with Crippen molar-refractivity contribution in [3.63, 3.8) is 0 Å². The van der Waals surface area contributed by atoms with Crippen molar-refractivity contribution in [3.8, 4) is 11.5 Å². The number of aryl methyl sites for hydroxylation is 1. The van der Waals surface area contributed by atoms with E-state index in [4.69, 9.17) is 13.9 Å². The van der Waals surface area contributed by atoms with E-state index in [0.717, 1.165) is 18.6 Å². The largest absolute Gasteiger partial charge is 0.497 e. The van der Waals surface area contributed by atoms with Gasteiger partial charge in [0.2, 0.25) is 0 Å². The lowest BCUT2D eigenvalue weighted by molar-refractivity contribution is 0.0921. The summed E-state index contributed by atoms with van der Waals surface area (Å²) < 4.78 is 29.0. The Morgan fingerprint density at radius 3 is 2.43 bits per heavy atom. The van der Waals surface area contributed by atoms with Gasteiger partial charge in [0.25, 0.3) is 5.91 Å². The average molecular weight is 383 g/mol. The van der Waals surface area contributed by atoms with Crippen LogP contribution >= 0.6 is 0 Å². The van der Waals surface area contributed by atoms with Gasteiger partial charge in [-0.05, 0) is 66.9 Å². The van der Waals surface area contributed by atoms with E-state index in [2.05, 4.69) is 5.32 Å². The predicted molar refractivity (Wildman–Crippen MR) is 103 cm³/mol. The normalized spacial score (nSPS) is 10.5. The first kappa shape index (κ1) is 19.5. The zero-order valence-corrected chi connectivity index (χ0v) is 15.6. The van der Waals surface area contributed by atoms with Gasteiger partial charge in [-0.3, -0.25) is 4.79 Å². The van der Waals surface area contributed by atoms with Crippen LogP contribution in [0, 0.1) is 5.82 Å². The van der Waals surface area contributed by atoms with E-state index in [0.29, 0.717) is 18.1 Å². The van der Waals surface area contributed by atoms with Crippen LogP contribution in [0.1, 0.15) is 28.3 Å². The third-order valence-corrected chi connectivity index (χ3v) is 4.17. The number of methoxy groups -OCH3 is 1. The number of halogens is 1. The quantitative estimate of drug-likeness (QED) is 0.558. The molecule has 2 aromatic carbocycles. The minimum absolute atomic E-state index is 0.163. The van der Waals surface area contributed by atoms with Gasteiger partial charge in [0.05, 0.1) is 7.11 Å². The maximum absolute atomic E-state index is 12.9. The van der Waals surface area contributed by atoms with Gasteiger partial charge in [-0.25, -0.2) is 4.39 Å². The summed E-state index contributed by atoms with van der Waals surface area (Å²) in [4.78, 5) is 12.2. The molecule has 0 aliphatic carbocycles. The molecule has 146 valence electrons. The number of hydrogen-bond acceptors (Lipinski definition) is 4. The summed E-state index contributed by atoms with van der Waals surface area (Å²) in [7, 11) is 1.64. The highest BCUT2D eigenvalue weighted by Crippen LogP contribution is 2.15. The van der Waals surface area contributed by atoms with Crippen molar-refractivity contribution in [1.82, 2.24) is 5.32 Å². The van der Waals surface area contributed by atoms with Crippen LogP contribution in [0.3, 0.4) is 0 Å². The molecular weight excluding hydrogens is 361 g/mol. The van der Waals surface area contributed by atoms with E-state index < -0.39 is 0 Å². The minimum atomic E-state index is -0.323. The van der Waals surface area contributed by atoms with Crippen LogP contribution in [-0.2, 0) is 13.0 Å². The second-order valence-corrected chi connectivity index (χ2v) is 6.22. The highest BCUT2D eigenvalue weighted by molar-refractivity contribution is 5.91. The molecule has 28 heavy (non-hydrogen) atoms. The van der Waals surface area contributed by atoms with Crippen LogP contribution in [0.5, 0.6) is 11.5 Å². The van der Waals surface area contributed by atoms with Crippen LogP contribution in [-0.4, -0.2) is 19.6 Å². The van der Waals surface area contributed by atoms with Crippen molar-refractivity contribution in [2.45, 2.75) is 19.4 Å². The Balaban J connectivity index is 1.40. The van der Waals surface area contributed by atoms with Crippen molar-refractivity contribution in [1.29, 1.82) is 0 Å². The summed E-state index contributed by atoms with van der Waals surface area (Å²) in [5, 5.41) is 2.85. The van der Waals surface area contributed by atoms with Crippen LogP contribution in [0.4, 0.5) is 4.39 Å². The monoisotopic (exact) mass is 383 g/mol. The molecule has 0 spiro atoms. The van der Waals surface area contributed by atoms with Gasteiger partial charge in [-0.2, -0.15) is 0 Å². The van der Waals surface area contributed by atoms with Crippen molar-refractivity contribution < 1.29 is 23.1 Å². The molecule has 0 radical (unpaired) electrons. The van der Waals surface area contributed by atoms with E-state index in [9.17, 15) is 9.18 Å². The van der Waals surface area contributed by atoms with Gasteiger partial charge in [0.1, 0.15) is 29.7 Å². The first-order valence-electron chi connectivity index (χ1n) is 9.02. The number of carbonyl (C=O) groups is 1. The minimum Gasteiger partial charge on any atom is -0.497 e. The Morgan fingerprint density at radius 1 is 1.00 bits per heavy atom. The summed E-state index contributed by atoms with van der Waals surface area (Å²) in [6.45, 7) is 0.712. The fourth-order valence-corrected chi connectivity index (χ4v) is 2.64. The maximum atomic E-state index is 12.9. The van der Waals surface area contributed by atoms with E-state index in [1.807, 2.05) is 24.3 Å². The predicted octanol–water partition coefficient (Wildman–Crippen LogP) is 4.37. The lowest BCUT2D eigenvalue weighted by atomic mass is 10.1. The SMILES string of the molecule is COc1ccc(CCCNC(=O)c2ccc(COc3ccc(F)cc3)o2)cc1. The van der Waals surface area contributed by atoms with Crippen molar-refractivity contribution in [2.24, 2.45) is 0 Å². The molecule has 3 aromatic rings. The van der Waals surface area contributed by atoms with Crippen molar-refractivity contribution in [3.05, 3.63) is 83.6 Å². The standard InChI is InChI=1S/C22H22FNO4/c1-26-18-8-4-16(5-9-18)3-2-14-24-22(25)21-13-12-20(28-21)15-27-19-10-6-17(23)7-11-19/h4-13H,2-3,14-15H2,1H3,(H,24,25). The van der Waals surface area contributed by atoms with Gasteiger partial charge in [0.15, 0.2) is 5.76 Å². The van der Waals surface area contributed by atoms with Gasteiger partial charge >= 0.3 is 0 Å². The zero-order chi connectivity index (χ0) is 19.8. The first-order chi connectivity index (χ1) is 13.6. The molecule has 0 aliphatic rings. The lowest BCUT2D eigenvalue weighted by Crippen LogP contribution is -2.24. The Kier molecular flexibility index (Phi) is 6.68. The molecule has 0 bridgehead atoms. The maximum Gasteiger partial charge on any atom is 0.286 e. The fraction of sp³-hybridized carbons (Fsp3) is 0.227. The number of ether oxygens (including phenoxy) is 2. The fourth-order valence-electron chi connectivity index (χ4n) is 2.64. The molecule has 1 heterocycles. The van der Waals surface area contributed by atoms with Crippen LogP contribution in [0.25, 0.3) is 0 Å². The zero-order valence-electron chi connectivity index (χ0n) is 15.6. The van der Waals surface area contributed by atoms with Gasteiger partial charge in [-0.1, -0.05) is 12.1 Å². The molecule has 0 atom stereocenters. The van der Waals surface area contributed by atoms with Crippen LogP contribution in [0.15, 0.2) is 65.1 Å². The summed E-state index contributed by atoms with van der Waals surface area (Å²) in [6.07, 6.45) is 1.68. The topological polar surface area (TPSA) is 60.7 Å². The molecule has 1 N–H and O–H groups in total. The van der Waals surface area contributed by atoms with E-state index in [1.165, 1.54) is 29.8 Å².